The summed E-state index contributed by atoms with van der Waals surface area (Å²) in [7, 11) is 3.90. The maximum absolute atomic E-state index is 5.25. The van der Waals surface area contributed by atoms with Gasteiger partial charge in [-0.25, -0.2) is 0 Å². The summed E-state index contributed by atoms with van der Waals surface area (Å²) in [5.74, 6) is 0.879. The molecule has 1 fully saturated rings. The van der Waals surface area contributed by atoms with E-state index in [9.17, 15) is 0 Å². The molecule has 0 radical (unpaired) electrons. The first kappa shape index (κ1) is 14.9. The van der Waals surface area contributed by atoms with Gasteiger partial charge in [0.2, 0.25) is 0 Å². The summed E-state index contributed by atoms with van der Waals surface area (Å²) in [6, 6.07) is 1.30. The molecular formula is C14H30N2O. The predicted octanol–water partition coefficient (Wildman–Crippen LogP) is 2.12. The van der Waals surface area contributed by atoms with Crippen molar-refractivity contribution in [2.75, 3.05) is 33.9 Å². The molecule has 0 aromatic rings. The molecule has 0 spiro atoms. The van der Waals surface area contributed by atoms with E-state index >= 15 is 0 Å². The average Bonchev–Trinajstić information content (AvgIpc) is 2.77. The van der Waals surface area contributed by atoms with E-state index in [1.165, 1.54) is 32.2 Å². The van der Waals surface area contributed by atoms with Crippen LogP contribution in [0.15, 0.2) is 0 Å². The Labute approximate surface area is 107 Å². The van der Waals surface area contributed by atoms with Crippen molar-refractivity contribution in [3.63, 3.8) is 0 Å². The monoisotopic (exact) mass is 242 g/mol. The summed E-state index contributed by atoms with van der Waals surface area (Å²) in [4.78, 5) is 2.54. The van der Waals surface area contributed by atoms with Crippen LogP contribution in [0, 0.1) is 5.92 Å². The van der Waals surface area contributed by atoms with Gasteiger partial charge >= 0.3 is 0 Å². The number of methoxy groups -OCH3 is 1. The summed E-state index contributed by atoms with van der Waals surface area (Å²) in [6.45, 7) is 7.69. The van der Waals surface area contributed by atoms with E-state index < -0.39 is 0 Å². The van der Waals surface area contributed by atoms with Crippen molar-refractivity contribution in [3.05, 3.63) is 0 Å². The molecule has 0 aliphatic heterocycles. The molecule has 0 bridgehead atoms. The molecule has 0 saturated heterocycles. The Bertz CT molecular complexity index is 199. The quantitative estimate of drug-likeness (QED) is 0.705. The van der Waals surface area contributed by atoms with E-state index in [2.05, 4.69) is 31.1 Å². The predicted molar refractivity (Wildman–Crippen MR) is 73.4 cm³/mol. The minimum atomic E-state index is 0.541. The van der Waals surface area contributed by atoms with Gasteiger partial charge in [0.15, 0.2) is 0 Å². The Kier molecular flexibility index (Phi) is 7.09. The fourth-order valence-electron chi connectivity index (χ4n) is 3.13. The van der Waals surface area contributed by atoms with Gasteiger partial charge < -0.3 is 10.1 Å². The highest BCUT2D eigenvalue weighted by Crippen LogP contribution is 2.28. The Morgan fingerprint density at radius 2 is 2.18 bits per heavy atom. The number of nitrogens with zero attached hydrogens (tertiary/aromatic N) is 1. The second-order valence-electron chi connectivity index (χ2n) is 5.31. The summed E-state index contributed by atoms with van der Waals surface area (Å²) in [6.07, 6.45) is 5.49. The third-order valence-electron chi connectivity index (χ3n) is 4.25. The zero-order valence-electron chi connectivity index (χ0n) is 12.0. The molecule has 1 rings (SSSR count). The topological polar surface area (TPSA) is 24.5 Å². The molecule has 102 valence electrons. The van der Waals surface area contributed by atoms with Crippen LogP contribution in [0.4, 0.5) is 0 Å². The molecule has 3 atom stereocenters. The van der Waals surface area contributed by atoms with Crippen molar-refractivity contribution in [3.8, 4) is 0 Å². The highest BCUT2D eigenvalue weighted by Gasteiger charge is 2.26. The van der Waals surface area contributed by atoms with Gasteiger partial charge in [-0.2, -0.15) is 0 Å². The van der Waals surface area contributed by atoms with Crippen molar-refractivity contribution < 1.29 is 4.74 Å². The van der Waals surface area contributed by atoms with Gasteiger partial charge in [0, 0.05) is 19.2 Å². The molecule has 1 aliphatic carbocycles. The Morgan fingerprint density at radius 3 is 2.76 bits per heavy atom. The fourth-order valence-corrected chi connectivity index (χ4v) is 3.13. The standard InChI is InChI=1S/C14H30N2O/c1-5-16(12(2)11-17-4)10-9-13-7-6-8-14(13)15-3/h12-15H,5-11H2,1-4H3. The van der Waals surface area contributed by atoms with E-state index in [4.69, 9.17) is 4.74 Å². The second kappa shape index (κ2) is 8.06. The Balaban J connectivity index is 2.31. The van der Waals surface area contributed by atoms with Gasteiger partial charge in [0.1, 0.15) is 0 Å². The highest BCUT2D eigenvalue weighted by atomic mass is 16.5. The first-order chi connectivity index (χ1) is 8.22. The van der Waals surface area contributed by atoms with E-state index in [0.717, 1.165) is 25.1 Å². The van der Waals surface area contributed by atoms with Crippen molar-refractivity contribution in [1.29, 1.82) is 0 Å². The maximum Gasteiger partial charge on any atom is 0.0615 e. The van der Waals surface area contributed by atoms with Crippen molar-refractivity contribution >= 4 is 0 Å². The number of nitrogens with one attached hydrogen (secondary N) is 1. The SMILES string of the molecule is CCN(CCC1CCCC1NC)C(C)COC. The van der Waals surface area contributed by atoms with Gasteiger partial charge in [-0.05, 0) is 52.2 Å². The average molecular weight is 242 g/mol. The summed E-state index contributed by atoms with van der Waals surface area (Å²) >= 11 is 0. The molecule has 0 aromatic carbocycles. The Hall–Kier alpha value is -0.120. The summed E-state index contributed by atoms with van der Waals surface area (Å²) in [5.41, 5.74) is 0. The molecule has 1 aliphatic rings. The second-order valence-corrected chi connectivity index (χ2v) is 5.31. The molecule has 3 unspecified atom stereocenters. The van der Waals surface area contributed by atoms with Crippen LogP contribution in [0.3, 0.4) is 0 Å². The van der Waals surface area contributed by atoms with Crippen LogP contribution in [0.1, 0.15) is 39.5 Å². The van der Waals surface area contributed by atoms with Gasteiger partial charge in [-0.3, -0.25) is 4.90 Å². The first-order valence-corrected chi connectivity index (χ1v) is 7.13. The van der Waals surface area contributed by atoms with Crippen LogP contribution in [0.2, 0.25) is 0 Å². The van der Waals surface area contributed by atoms with Gasteiger partial charge in [0.25, 0.3) is 0 Å². The minimum Gasteiger partial charge on any atom is -0.383 e. The van der Waals surface area contributed by atoms with Crippen LogP contribution in [-0.4, -0.2) is 50.8 Å². The van der Waals surface area contributed by atoms with Gasteiger partial charge in [-0.1, -0.05) is 13.3 Å². The molecular weight excluding hydrogens is 212 g/mol. The number of rotatable bonds is 8. The smallest absolute Gasteiger partial charge is 0.0615 e. The van der Waals surface area contributed by atoms with E-state index in [1.54, 1.807) is 7.11 Å². The third-order valence-corrected chi connectivity index (χ3v) is 4.25. The molecule has 17 heavy (non-hydrogen) atoms. The van der Waals surface area contributed by atoms with Crippen molar-refractivity contribution in [1.82, 2.24) is 10.2 Å². The van der Waals surface area contributed by atoms with Crippen LogP contribution in [0.5, 0.6) is 0 Å². The van der Waals surface area contributed by atoms with Crippen LogP contribution < -0.4 is 5.32 Å². The van der Waals surface area contributed by atoms with Crippen molar-refractivity contribution in [2.45, 2.75) is 51.6 Å². The molecule has 1 N–H and O–H groups in total. The lowest BCUT2D eigenvalue weighted by Gasteiger charge is -2.29. The fraction of sp³-hybridized carbons (Fsp3) is 1.00. The van der Waals surface area contributed by atoms with E-state index in [1.807, 2.05) is 0 Å². The maximum atomic E-state index is 5.25. The zero-order chi connectivity index (χ0) is 12.7. The van der Waals surface area contributed by atoms with Crippen LogP contribution in [-0.2, 0) is 4.74 Å². The molecule has 3 heteroatoms. The molecule has 1 saturated carbocycles. The van der Waals surface area contributed by atoms with Gasteiger partial charge in [-0.15, -0.1) is 0 Å². The van der Waals surface area contributed by atoms with E-state index in [0.29, 0.717) is 6.04 Å². The number of hydrogen-bond donors (Lipinski definition) is 1. The Morgan fingerprint density at radius 1 is 1.41 bits per heavy atom. The van der Waals surface area contributed by atoms with Gasteiger partial charge in [0.05, 0.1) is 6.61 Å². The number of ether oxygens (including phenoxy) is 1. The van der Waals surface area contributed by atoms with Crippen LogP contribution >= 0.6 is 0 Å². The zero-order valence-corrected chi connectivity index (χ0v) is 12.0. The largest absolute Gasteiger partial charge is 0.383 e. The molecule has 0 heterocycles. The lowest BCUT2D eigenvalue weighted by atomic mass is 9.99. The lowest BCUT2D eigenvalue weighted by Crippen LogP contribution is -2.39. The molecule has 3 nitrogen and oxygen atoms in total. The van der Waals surface area contributed by atoms with Crippen molar-refractivity contribution in [2.24, 2.45) is 5.92 Å². The third kappa shape index (κ3) is 4.57. The summed E-state index contributed by atoms with van der Waals surface area (Å²) in [5, 5.41) is 3.47. The minimum absolute atomic E-state index is 0.541. The molecule has 0 aromatic heterocycles. The van der Waals surface area contributed by atoms with E-state index in [-0.39, 0.29) is 0 Å². The first-order valence-electron chi connectivity index (χ1n) is 7.13. The lowest BCUT2D eigenvalue weighted by molar-refractivity contribution is 0.0976. The normalized spacial score (nSPS) is 26.6. The van der Waals surface area contributed by atoms with Crippen LogP contribution in [0.25, 0.3) is 0 Å². The highest BCUT2D eigenvalue weighted by molar-refractivity contribution is 4.83. The number of likely N-dealkylation sites (N-methyl/N-ethyl adjacent to an activating group) is 1. The number of hydrogen-bond acceptors (Lipinski definition) is 3. The summed E-state index contributed by atoms with van der Waals surface area (Å²) < 4.78 is 5.25. The molecule has 0 amide bonds.